The molecule has 3 fully saturated rings. The Bertz CT molecular complexity index is 874. The van der Waals surface area contributed by atoms with Gasteiger partial charge in [-0.05, 0) is 92.2 Å². The first-order chi connectivity index (χ1) is 17.7. The number of unbranched alkanes of at least 4 members (excludes halogenated alkanes) is 2. The van der Waals surface area contributed by atoms with Gasteiger partial charge in [0.2, 0.25) is 6.29 Å². The van der Waals surface area contributed by atoms with Crippen LogP contribution in [0.25, 0.3) is 0 Å². The second-order valence-corrected chi connectivity index (χ2v) is 11.4. The van der Waals surface area contributed by atoms with Gasteiger partial charge in [0.1, 0.15) is 5.82 Å². The molecule has 2 aliphatic carbocycles. The molecule has 0 aromatic heterocycles. The van der Waals surface area contributed by atoms with Crippen molar-refractivity contribution in [2.75, 3.05) is 13.2 Å². The zero-order valence-electron chi connectivity index (χ0n) is 21.9. The quantitative estimate of drug-likeness (QED) is 0.247. The van der Waals surface area contributed by atoms with Crippen molar-refractivity contribution in [3.8, 4) is 0 Å². The van der Waals surface area contributed by atoms with Gasteiger partial charge in [0.25, 0.3) is 0 Å². The van der Waals surface area contributed by atoms with E-state index in [1.54, 1.807) is 6.07 Å². The fourth-order valence-electron chi connectivity index (χ4n) is 6.67. The van der Waals surface area contributed by atoms with Crippen molar-refractivity contribution in [1.82, 2.24) is 0 Å². The Kier molecular flexibility index (Phi) is 10.1. The van der Waals surface area contributed by atoms with E-state index in [1.807, 2.05) is 6.07 Å². The Hall–Kier alpha value is -1.47. The summed E-state index contributed by atoms with van der Waals surface area (Å²) in [5.41, 5.74) is 1.94. The van der Waals surface area contributed by atoms with Gasteiger partial charge in [-0.2, -0.15) is 13.2 Å². The van der Waals surface area contributed by atoms with Gasteiger partial charge in [-0.1, -0.05) is 44.7 Å². The van der Waals surface area contributed by atoms with Gasteiger partial charge in [-0.25, -0.2) is 8.78 Å². The van der Waals surface area contributed by atoms with Crippen molar-refractivity contribution in [3.05, 3.63) is 47.0 Å². The predicted octanol–water partition coefficient (Wildman–Crippen LogP) is 9.36. The summed E-state index contributed by atoms with van der Waals surface area (Å²) >= 11 is 0. The lowest BCUT2D eigenvalue weighted by Crippen LogP contribution is -2.37. The highest BCUT2D eigenvalue weighted by molar-refractivity contribution is 5.30. The van der Waals surface area contributed by atoms with Crippen LogP contribution < -0.4 is 0 Å². The Morgan fingerprint density at radius 2 is 1.54 bits per heavy atom. The molecule has 2 nitrogen and oxygen atoms in total. The summed E-state index contributed by atoms with van der Waals surface area (Å²) in [6.07, 6.45) is 6.77. The maximum atomic E-state index is 15.2. The average molecular weight is 529 g/mol. The molecule has 1 aromatic rings. The first kappa shape index (κ1) is 28.5. The van der Waals surface area contributed by atoms with Crippen LogP contribution in [0.5, 0.6) is 0 Å². The number of rotatable bonds is 8. The zero-order valence-corrected chi connectivity index (χ0v) is 21.9. The van der Waals surface area contributed by atoms with Gasteiger partial charge in [-0.15, -0.1) is 0 Å². The smallest absolute Gasteiger partial charge is 0.346 e. The summed E-state index contributed by atoms with van der Waals surface area (Å²) in [6, 6.07) is 5.91. The van der Waals surface area contributed by atoms with E-state index in [1.165, 1.54) is 38.5 Å². The van der Waals surface area contributed by atoms with E-state index in [2.05, 4.69) is 13.0 Å². The van der Waals surface area contributed by atoms with Gasteiger partial charge < -0.3 is 9.47 Å². The van der Waals surface area contributed by atoms with Crippen LogP contribution in [0.4, 0.5) is 22.0 Å². The van der Waals surface area contributed by atoms with Crippen molar-refractivity contribution in [2.24, 2.45) is 17.8 Å². The summed E-state index contributed by atoms with van der Waals surface area (Å²) in [7, 11) is 0. The van der Waals surface area contributed by atoms with Crippen LogP contribution in [0.1, 0.15) is 107 Å². The number of benzene rings is 1. The highest BCUT2D eigenvalue weighted by Gasteiger charge is 2.36. The molecule has 0 unspecified atom stereocenters. The van der Waals surface area contributed by atoms with Crippen molar-refractivity contribution < 1.29 is 31.4 Å². The SMILES string of the molecule is CCCCCC1CCC(c2ccc(C3CCC(C4COC(C(F)=CC(F)(F)F)OC4)CC3)c(F)c2)CC1. The lowest BCUT2D eigenvalue weighted by Gasteiger charge is -2.37. The van der Waals surface area contributed by atoms with E-state index < -0.39 is 24.4 Å². The van der Waals surface area contributed by atoms with E-state index in [0.717, 1.165) is 55.6 Å². The first-order valence-corrected chi connectivity index (χ1v) is 14.2. The Labute approximate surface area is 218 Å². The molecule has 1 saturated heterocycles. The number of hydrogen-bond acceptors (Lipinski definition) is 2. The third kappa shape index (κ3) is 8.01. The molecule has 37 heavy (non-hydrogen) atoms. The molecule has 2 saturated carbocycles. The minimum atomic E-state index is -4.74. The molecular weight excluding hydrogens is 487 g/mol. The van der Waals surface area contributed by atoms with Crippen LogP contribution in [0.3, 0.4) is 0 Å². The minimum Gasteiger partial charge on any atom is -0.346 e. The van der Waals surface area contributed by atoms with Gasteiger partial charge >= 0.3 is 6.18 Å². The Morgan fingerprint density at radius 1 is 0.892 bits per heavy atom. The topological polar surface area (TPSA) is 18.5 Å². The summed E-state index contributed by atoms with van der Waals surface area (Å²) in [5, 5.41) is 0. The molecule has 3 aliphatic rings. The third-order valence-corrected chi connectivity index (χ3v) is 8.89. The van der Waals surface area contributed by atoms with Crippen LogP contribution in [-0.2, 0) is 9.47 Å². The predicted molar refractivity (Wildman–Crippen MR) is 134 cm³/mol. The number of ether oxygens (including phenoxy) is 2. The summed E-state index contributed by atoms with van der Waals surface area (Å²) in [6.45, 7) is 2.58. The fourth-order valence-corrected chi connectivity index (χ4v) is 6.67. The van der Waals surface area contributed by atoms with Crippen molar-refractivity contribution in [2.45, 2.75) is 108 Å². The highest BCUT2D eigenvalue weighted by Crippen LogP contribution is 2.43. The highest BCUT2D eigenvalue weighted by atomic mass is 19.4. The molecule has 208 valence electrons. The van der Waals surface area contributed by atoms with Crippen LogP contribution in [0, 0.1) is 23.6 Å². The minimum absolute atomic E-state index is 0.0141. The van der Waals surface area contributed by atoms with E-state index in [4.69, 9.17) is 9.47 Å². The van der Waals surface area contributed by atoms with Gasteiger partial charge in [0.15, 0.2) is 5.83 Å². The molecule has 7 heteroatoms. The van der Waals surface area contributed by atoms with Gasteiger partial charge in [-0.3, -0.25) is 0 Å². The number of alkyl halides is 3. The molecule has 0 atom stereocenters. The van der Waals surface area contributed by atoms with E-state index in [9.17, 15) is 17.6 Å². The monoisotopic (exact) mass is 528 g/mol. The summed E-state index contributed by atoms with van der Waals surface area (Å²) in [4.78, 5) is 0. The lowest BCUT2D eigenvalue weighted by molar-refractivity contribution is -0.200. The summed E-state index contributed by atoms with van der Waals surface area (Å²) < 4.78 is 76.5. The molecule has 0 amide bonds. The van der Waals surface area contributed by atoms with E-state index in [0.29, 0.717) is 5.92 Å². The molecule has 4 rings (SSSR count). The molecule has 0 bridgehead atoms. The molecule has 0 N–H and O–H groups in total. The lowest BCUT2D eigenvalue weighted by atomic mass is 9.73. The number of halogens is 5. The summed E-state index contributed by atoms with van der Waals surface area (Å²) in [5.74, 6) is 0.224. The molecular formula is C30H41F5O2. The molecule has 0 radical (unpaired) electrons. The van der Waals surface area contributed by atoms with Crippen LogP contribution in [0.2, 0.25) is 0 Å². The maximum Gasteiger partial charge on any atom is 0.412 e. The standard InChI is InChI=1S/C30H41F5O2/c1-2-3-4-5-20-6-8-21(9-7-20)24-14-15-26(27(31)16-24)23-12-10-22(11-13-23)25-18-36-29(37-19-25)28(32)17-30(33,34)35/h14-17,20-23,25,29H,2-13,18-19H2,1H3. The van der Waals surface area contributed by atoms with Gasteiger partial charge in [0, 0.05) is 5.92 Å². The largest absolute Gasteiger partial charge is 0.412 e. The first-order valence-electron chi connectivity index (χ1n) is 14.2. The molecule has 1 aliphatic heterocycles. The second-order valence-electron chi connectivity index (χ2n) is 11.4. The second kappa shape index (κ2) is 13.1. The van der Waals surface area contributed by atoms with Crippen LogP contribution in [0.15, 0.2) is 30.1 Å². The van der Waals surface area contributed by atoms with Crippen LogP contribution in [-0.4, -0.2) is 25.7 Å². The van der Waals surface area contributed by atoms with Gasteiger partial charge in [0.05, 0.1) is 19.3 Å². The number of hydrogen-bond donors (Lipinski definition) is 0. The Balaban J connectivity index is 1.23. The molecule has 1 heterocycles. The Morgan fingerprint density at radius 3 is 2.14 bits per heavy atom. The maximum absolute atomic E-state index is 15.2. The molecule has 1 aromatic carbocycles. The van der Waals surface area contributed by atoms with Crippen molar-refractivity contribution in [3.63, 3.8) is 0 Å². The van der Waals surface area contributed by atoms with Crippen molar-refractivity contribution >= 4 is 0 Å². The third-order valence-electron chi connectivity index (χ3n) is 8.89. The van der Waals surface area contributed by atoms with Crippen molar-refractivity contribution in [1.29, 1.82) is 0 Å². The van der Waals surface area contributed by atoms with E-state index >= 15 is 4.39 Å². The average Bonchev–Trinajstić information content (AvgIpc) is 2.88. The van der Waals surface area contributed by atoms with E-state index in [-0.39, 0.29) is 36.8 Å². The zero-order chi connectivity index (χ0) is 26.4. The van der Waals surface area contributed by atoms with Crippen LogP contribution >= 0.6 is 0 Å². The normalized spacial score (nSPS) is 31.9. The number of allylic oxidation sites excluding steroid dienone is 1. The fraction of sp³-hybridized carbons (Fsp3) is 0.733. The molecule has 0 spiro atoms.